The van der Waals surface area contributed by atoms with Gasteiger partial charge >= 0.3 is 0 Å². The zero-order chi connectivity index (χ0) is 101. The second-order valence-corrected chi connectivity index (χ2v) is 48.2. The number of hydrogen-bond donors (Lipinski definition) is 0. The molecule has 8 nitrogen and oxygen atoms in total. The van der Waals surface area contributed by atoms with E-state index in [0.717, 1.165) is 96.6 Å². The minimum absolute atomic E-state index is 0.0159. The molecule has 13 heteroatoms. The summed E-state index contributed by atoms with van der Waals surface area (Å²) in [6.07, 6.45) is 110. The number of unbranched alkanes of at least 4 members (excludes halogenated alkanes) is 78. The molecule has 810 valence electrons. The Morgan fingerprint density at radius 2 is 0.287 bits per heavy atom. The van der Waals surface area contributed by atoms with Gasteiger partial charge in [0.15, 0.2) is 23.0 Å². The van der Waals surface area contributed by atoms with Crippen LogP contribution in [0.3, 0.4) is 0 Å². The van der Waals surface area contributed by atoms with Gasteiger partial charge in [-0.05, 0) is 123 Å². The van der Waals surface area contributed by atoms with Crippen molar-refractivity contribution in [2.24, 2.45) is 0 Å². The third-order valence-electron chi connectivity index (χ3n) is 29.5. The summed E-state index contributed by atoms with van der Waals surface area (Å²) in [5.41, 5.74) is 1.17. The van der Waals surface area contributed by atoms with E-state index >= 15 is 9.59 Å². The third kappa shape index (κ3) is 58.9. The van der Waals surface area contributed by atoms with Crippen molar-refractivity contribution in [2.75, 3.05) is 39.6 Å². The van der Waals surface area contributed by atoms with Crippen molar-refractivity contribution in [2.45, 2.75) is 581 Å². The molecular weight excluding hydrogens is 1850 g/mol. The summed E-state index contributed by atoms with van der Waals surface area (Å²) in [4.78, 5) is 41.0. The molecule has 0 aliphatic heterocycles. The molecule has 0 aliphatic rings. The quantitative estimate of drug-likeness (QED) is 0.0275. The molecule has 0 bridgehead atoms. The topological polar surface area (TPSA) is 89.5 Å². The second kappa shape index (κ2) is 87.8. The molecule has 5 aromatic heterocycles. The first-order valence-electron chi connectivity index (χ1n) is 61.5. The van der Waals surface area contributed by atoms with Gasteiger partial charge in [0, 0.05) is 50.1 Å². The number of thiophene rings is 5. The number of carbonyl (C=O) groups excluding carboxylic acids is 2. The van der Waals surface area contributed by atoms with Crippen molar-refractivity contribution in [1.82, 2.24) is 0 Å². The van der Waals surface area contributed by atoms with Crippen LogP contribution in [-0.4, -0.2) is 51.2 Å². The van der Waals surface area contributed by atoms with Crippen LogP contribution in [0, 0.1) is 0 Å². The highest BCUT2D eigenvalue weighted by molar-refractivity contribution is 7.30. The van der Waals surface area contributed by atoms with Crippen LogP contribution >= 0.6 is 56.7 Å². The van der Waals surface area contributed by atoms with Gasteiger partial charge < -0.3 is 28.4 Å². The summed E-state index contributed by atoms with van der Waals surface area (Å²) in [5, 5.41) is 0. The van der Waals surface area contributed by atoms with Gasteiger partial charge in [-0.2, -0.15) is 0 Å². The largest absolute Gasteiger partial charge is 0.490 e. The molecule has 7 rings (SSSR count). The Labute approximate surface area is 899 Å². The number of carbonyl (C=O) groups is 2. The molecule has 0 saturated carbocycles. The summed E-state index contributed by atoms with van der Waals surface area (Å²) in [6, 6.07) is 29.6. The fourth-order valence-electron chi connectivity index (χ4n) is 20.3. The molecule has 0 radical (unpaired) electrons. The molecule has 5 heterocycles. The first-order valence-corrected chi connectivity index (χ1v) is 65.6. The van der Waals surface area contributed by atoms with Crippen molar-refractivity contribution in [1.29, 1.82) is 0 Å². The van der Waals surface area contributed by atoms with Crippen molar-refractivity contribution in [3.63, 3.8) is 0 Å². The number of ether oxygens (including phenoxy) is 6. The van der Waals surface area contributed by atoms with Crippen LogP contribution in [0.1, 0.15) is 611 Å². The van der Waals surface area contributed by atoms with Crippen LogP contribution in [-0.2, 0) is 0 Å². The Kier molecular flexibility index (Phi) is 76.7. The number of benzene rings is 2. The maximum atomic E-state index is 15.2. The molecule has 0 saturated heterocycles. The van der Waals surface area contributed by atoms with Crippen LogP contribution in [0.4, 0.5) is 0 Å². The Morgan fingerprint density at radius 1 is 0.161 bits per heavy atom. The van der Waals surface area contributed by atoms with E-state index in [4.69, 9.17) is 28.4 Å². The highest BCUT2D eigenvalue weighted by atomic mass is 32.1. The van der Waals surface area contributed by atoms with Gasteiger partial charge in [0.1, 0.15) is 0 Å². The van der Waals surface area contributed by atoms with Crippen LogP contribution in [0.5, 0.6) is 34.5 Å². The Balaban J connectivity index is 1.02. The lowest BCUT2D eigenvalue weighted by Crippen LogP contribution is -2.09. The maximum Gasteiger partial charge on any atom is 0.203 e. The molecule has 0 fully saturated rings. The van der Waals surface area contributed by atoms with Crippen molar-refractivity contribution in [3.8, 4) is 73.5 Å². The predicted molar refractivity (Wildman–Crippen MR) is 632 cm³/mol. The van der Waals surface area contributed by atoms with Gasteiger partial charge in [-0.15, -0.1) is 56.7 Å². The third-order valence-corrected chi connectivity index (χ3v) is 35.7. The molecule has 143 heavy (non-hydrogen) atoms. The van der Waals surface area contributed by atoms with Gasteiger partial charge in [0.25, 0.3) is 0 Å². The lowest BCUT2D eigenvalue weighted by molar-refractivity contribution is 0.103. The van der Waals surface area contributed by atoms with Gasteiger partial charge in [-0.1, -0.05) is 542 Å². The fraction of sp³-hybridized carbons (Fsp3) is 0.738. The lowest BCUT2D eigenvalue weighted by atomic mass is 10.0. The smallest absolute Gasteiger partial charge is 0.203 e. The van der Waals surface area contributed by atoms with E-state index in [-0.39, 0.29) is 11.6 Å². The minimum Gasteiger partial charge on any atom is -0.490 e. The Bertz CT molecular complexity index is 3750. The second-order valence-electron chi connectivity index (χ2n) is 42.7. The minimum atomic E-state index is -0.0159. The number of ketones is 2. The molecule has 7 aromatic rings. The van der Waals surface area contributed by atoms with Crippen molar-refractivity contribution in [3.05, 3.63) is 106 Å². The van der Waals surface area contributed by atoms with Crippen LogP contribution in [0.2, 0.25) is 0 Å². The zero-order valence-electron chi connectivity index (χ0n) is 93.0. The standard InChI is InChI=1S/C130H212O8S5/c1-7-13-19-25-31-37-43-49-55-61-67-73-79-85-101-133-113-107-111(108-114(134-102-86-80-74-68-62-56-50-44-38-32-26-20-14-8-2)129(113)137-105-89-83-77-71-65-59-53-47-41-35-29-23-17-11-5)127(131)125-99-97-123(142-125)121-95-93-119(140-121)117-91-92-118(139-117)120-94-96-122(141-120)124-98-100-126(143-124)128(132)112-109-115(135-103-87-81-75-69-63-57-51-45-39-33-27-21-15-9-3)130(138-106-90-84-78-72-66-60-54-48-42-36-30-24-18-12-6)116(110-112)136-104-88-82-76-70-64-58-52-46-40-34-28-22-16-10-4/h91-100,107-110H,7-90,101-106H2,1-6H3. The molecule has 2 aromatic carbocycles. The summed E-state index contributed by atoms with van der Waals surface area (Å²) in [5.74, 6) is 3.83. The average Bonchev–Trinajstić information content (AvgIpc) is 1.64. The first kappa shape index (κ1) is 125. The van der Waals surface area contributed by atoms with Crippen molar-refractivity contribution >= 4 is 68.3 Å². The first-order chi connectivity index (χ1) is 70.8. The molecule has 0 N–H and O–H groups in total. The van der Waals surface area contributed by atoms with E-state index in [9.17, 15) is 0 Å². The average molecular weight is 2060 g/mol. The molecule has 0 atom stereocenters. The van der Waals surface area contributed by atoms with Crippen LogP contribution in [0.15, 0.2) is 84.9 Å². The van der Waals surface area contributed by atoms with Gasteiger partial charge in [-0.25, -0.2) is 0 Å². The molecule has 0 unspecified atom stereocenters. The number of rotatable bonds is 104. The molecule has 0 amide bonds. The summed E-state index contributed by atoms with van der Waals surface area (Å²) < 4.78 is 41.0. The molecule has 0 aliphatic carbocycles. The summed E-state index contributed by atoms with van der Waals surface area (Å²) in [6.45, 7) is 17.3. The summed E-state index contributed by atoms with van der Waals surface area (Å²) in [7, 11) is 0. The van der Waals surface area contributed by atoms with Crippen LogP contribution < -0.4 is 28.4 Å². The highest BCUT2D eigenvalue weighted by Crippen LogP contribution is 2.48. The Hall–Kier alpha value is -4.92. The normalized spacial score (nSPS) is 11.6. The fourth-order valence-corrected chi connectivity index (χ4v) is 25.6. The highest BCUT2D eigenvalue weighted by Gasteiger charge is 2.26. The lowest BCUT2D eigenvalue weighted by Gasteiger charge is -2.19. The monoisotopic (exact) mass is 2060 g/mol. The van der Waals surface area contributed by atoms with E-state index in [1.807, 2.05) is 47.7 Å². The van der Waals surface area contributed by atoms with E-state index in [1.165, 1.54) is 482 Å². The maximum absolute atomic E-state index is 15.2. The van der Waals surface area contributed by atoms with E-state index in [0.29, 0.717) is 95.0 Å². The van der Waals surface area contributed by atoms with E-state index in [2.05, 4.69) is 90.1 Å². The predicted octanol–water partition coefficient (Wildman–Crippen LogP) is 46.3. The summed E-state index contributed by atoms with van der Waals surface area (Å²) >= 11 is 8.54. The van der Waals surface area contributed by atoms with Gasteiger partial charge in [0.2, 0.25) is 23.1 Å². The SMILES string of the molecule is CCCCCCCCCCCCCCCCOc1cc(C(=O)c2ccc(-c3ccc(-c4ccc(-c5ccc(-c6ccc(C(=O)c7cc(OCCCCCCCCCCCCCCCC)c(OCCCCCCCCCCCCCCCC)c(OCCCCCCCCCCCCCCCC)c7)s6)s5)s4)s3)s2)cc(OCCCCCCCCCCCCCCCC)c1OCCCCCCCCCCCCCCCC. The van der Waals surface area contributed by atoms with Gasteiger partial charge in [-0.3, -0.25) is 9.59 Å². The molecular formula is C130H212O8S5. The van der Waals surface area contributed by atoms with Crippen molar-refractivity contribution < 1.29 is 38.0 Å². The van der Waals surface area contributed by atoms with Gasteiger partial charge in [0.05, 0.1) is 49.4 Å². The van der Waals surface area contributed by atoms with Crippen LogP contribution in [0.25, 0.3) is 39.0 Å². The van der Waals surface area contributed by atoms with E-state index in [1.54, 1.807) is 45.3 Å². The van der Waals surface area contributed by atoms with E-state index < -0.39 is 0 Å². The Morgan fingerprint density at radius 3 is 0.441 bits per heavy atom. The molecule has 0 spiro atoms. The number of hydrogen-bond acceptors (Lipinski definition) is 13. The zero-order valence-corrected chi connectivity index (χ0v) is 97.1.